The van der Waals surface area contributed by atoms with Gasteiger partial charge in [0.25, 0.3) is 0 Å². The summed E-state index contributed by atoms with van der Waals surface area (Å²) in [5.74, 6) is 1.22. The molecule has 0 aliphatic heterocycles. The number of methoxy groups -OCH3 is 1. The van der Waals surface area contributed by atoms with Crippen molar-refractivity contribution in [2.24, 2.45) is 0 Å². The normalized spacial score (nSPS) is 11.5. The van der Waals surface area contributed by atoms with Gasteiger partial charge in [0, 0.05) is 13.0 Å². The van der Waals surface area contributed by atoms with E-state index in [2.05, 4.69) is 21.2 Å². The summed E-state index contributed by atoms with van der Waals surface area (Å²) in [4.78, 5) is 0. The van der Waals surface area contributed by atoms with Crippen LogP contribution in [0.25, 0.3) is 0 Å². The van der Waals surface area contributed by atoms with Crippen molar-refractivity contribution in [3.63, 3.8) is 0 Å². The number of benzene rings is 1. The first kappa shape index (κ1) is 18.1. The molecule has 3 nitrogen and oxygen atoms in total. The molecule has 0 radical (unpaired) electrons. The van der Waals surface area contributed by atoms with Crippen LogP contribution in [-0.4, -0.2) is 26.4 Å². The number of ether oxygens (including phenoxy) is 2. The molecule has 120 valence electrons. The standard InChI is InChI=1S/C14H19BrF3NO2/c1-3-21-13-11(15)7-10(8-12(13)20-2)9-19-6-4-5-14(16,17)18/h7-8,19H,3-6,9H2,1-2H3. The van der Waals surface area contributed by atoms with Crippen LogP contribution in [0.3, 0.4) is 0 Å². The van der Waals surface area contributed by atoms with E-state index in [9.17, 15) is 13.2 Å². The molecule has 0 atom stereocenters. The third-order valence-electron chi connectivity index (χ3n) is 2.72. The fraction of sp³-hybridized carbons (Fsp3) is 0.571. The predicted octanol–water partition coefficient (Wildman–Crippen LogP) is 4.29. The predicted molar refractivity (Wildman–Crippen MR) is 78.9 cm³/mol. The summed E-state index contributed by atoms with van der Waals surface area (Å²) in [5, 5.41) is 2.99. The Morgan fingerprint density at radius 1 is 1.29 bits per heavy atom. The molecule has 0 saturated carbocycles. The summed E-state index contributed by atoms with van der Waals surface area (Å²) in [6, 6.07) is 3.68. The highest BCUT2D eigenvalue weighted by Crippen LogP contribution is 2.36. The van der Waals surface area contributed by atoms with E-state index in [1.807, 2.05) is 19.1 Å². The van der Waals surface area contributed by atoms with Gasteiger partial charge in [0.1, 0.15) is 0 Å². The van der Waals surface area contributed by atoms with Crippen LogP contribution in [0, 0.1) is 0 Å². The van der Waals surface area contributed by atoms with Crippen LogP contribution < -0.4 is 14.8 Å². The second-order valence-corrected chi connectivity index (χ2v) is 5.29. The first-order valence-electron chi connectivity index (χ1n) is 6.64. The zero-order valence-corrected chi connectivity index (χ0v) is 13.6. The average Bonchev–Trinajstić information content (AvgIpc) is 2.39. The van der Waals surface area contributed by atoms with Gasteiger partial charge >= 0.3 is 6.18 Å². The molecule has 0 aromatic heterocycles. The van der Waals surface area contributed by atoms with Crippen molar-refractivity contribution in [2.75, 3.05) is 20.3 Å². The van der Waals surface area contributed by atoms with Crippen LogP contribution in [0.5, 0.6) is 11.5 Å². The molecule has 0 aliphatic carbocycles. The van der Waals surface area contributed by atoms with Crippen molar-refractivity contribution in [2.45, 2.75) is 32.5 Å². The number of rotatable bonds is 8. The molecule has 1 N–H and O–H groups in total. The van der Waals surface area contributed by atoms with E-state index in [0.717, 1.165) is 10.0 Å². The van der Waals surface area contributed by atoms with Gasteiger partial charge < -0.3 is 14.8 Å². The molecule has 0 unspecified atom stereocenters. The fourth-order valence-electron chi connectivity index (χ4n) is 1.81. The number of hydrogen-bond acceptors (Lipinski definition) is 3. The van der Waals surface area contributed by atoms with Crippen molar-refractivity contribution in [3.8, 4) is 11.5 Å². The Morgan fingerprint density at radius 3 is 2.57 bits per heavy atom. The quantitative estimate of drug-likeness (QED) is 0.693. The van der Waals surface area contributed by atoms with Crippen molar-refractivity contribution >= 4 is 15.9 Å². The summed E-state index contributed by atoms with van der Waals surface area (Å²) >= 11 is 3.41. The van der Waals surface area contributed by atoms with Gasteiger partial charge in [0.15, 0.2) is 11.5 Å². The lowest BCUT2D eigenvalue weighted by Gasteiger charge is -2.14. The van der Waals surface area contributed by atoms with Gasteiger partial charge in [-0.15, -0.1) is 0 Å². The third kappa shape index (κ3) is 6.56. The van der Waals surface area contributed by atoms with Crippen LogP contribution in [0.4, 0.5) is 13.2 Å². The second-order valence-electron chi connectivity index (χ2n) is 4.44. The molecule has 1 aromatic carbocycles. The molecule has 0 heterocycles. The van der Waals surface area contributed by atoms with E-state index in [1.54, 1.807) is 7.11 Å². The van der Waals surface area contributed by atoms with Gasteiger partial charge in [0.2, 0.25) is 0 Å². The zero-order chi connectivity index (χ0) is 15.9. The lowest BCUT2D eigenvalue weighted by molar-refractivity contribution is -0.135. The summed E-state index contributed by atoms with van der Waals surface area (Å²) in [6.07, 6.45) is -4.79. The number of nitrogens with one attached hydrogen (secondary N) is 1. The van der Waals surface area contributed by atoms with Gasteiger partial charge in [-0.05, 0) is 53.5 Å². The Labute approximate surface area is 130 Å². The lowest BCUT2D eigenvalue weighted by Crippen LogP contribution is -2.17. The van der Waals surface area contributed by atoms with E-state index in [0.29, 0.717) is 31.2 Å². The highest BCUT2D eigenvalue weighted by Gasteiger charge is 2.25. The van der Waals surface area contributed by atoms with E-state index in [1.165, 1.54) is 0 Å². The molecular weight excluding hydrogens is 351 g/mol. The smallest absolute Gasteiger partial charge is 0.389 e. The minimum atomic E-state index is -4.09. The monoisotopic (exact) mass is 369 g/mol. The molecule has 0 bridgehead atoms. The molecule has 0 saturated heterocycles. The minimum Gasteiger partial charge on any atom is -0.493 e. The number of alkyl halides is 3. The van der Waals surface area contributed by atoms with Crippen molar-refractivity contribution in [3.05, 3.63) is 22.2 Å². The van der Waals surface area contributed by atoms with E-state index in [4.69, 9.17) is 9.47 Å². The Balaban J connectivity index is 2.54. The van der Waals surface area contributed by atoms with Crippen molar-refractivity contribution in [1.82, 2.24) is 5.32 Å². The van der Waals surface area contributed by atoms with Gasteiger partial charge in [-0.1, -0.05) is 0 Å². The minimum absolute atomic E-state index is 0.0683. The number of hydrogen-bond donors (Lipinski definition) is 1. The van der Waals surface area contributed by atoms with Crippen LogP contribution in [-0.2, 0) is 6.54 Å². The lowest BCUT2D eigenvalue weighted by atomic mass is 10.2. The van der Waals surface area contributed by atoms with Crippen LogP contribution >= 0.6 is 15.9 Å². The van der Waals surface area contributed by atoms with Gasteiger partial charge in [-0.3, -0.25) is 0 Å². The molecule has 0 aliphatic rings. The Kier molecular flexibility index (Phi) is 7.31. The van der Waals surface area contributed by atoms with Crippen LogP contribution in [0.15, 0.2) is 16.6 Å². The largest absolute Gasteiger partial charge is 0.493 e. The fourth-order valence-corrected chi connectivity index (χ4v) is 2.41. The van der Waals surface area contributed by atoms with Crippen LogP contribution in [0.2, 0.25) is 0 Å². The highest BCUT2D eigenvalue weighted by atomic mass is 79.9. The Morgan fingerprint density at radius 2 is 2.00 bits per heavy atom. The summed E-state index contributed by atoms with van der Waals surface area (Å²) in [7, 11) is 1.55. The first-order valence-corrected chi connectivity index (χ1v) is 7.43. The molecule has 0 amide bonds. The number of halogens is 4. The molecule has 0 fully saturated rings. The zero-order valence-electron chi connectivity index (χ0n) is 12.0. The molecule has 7 heteroatoms. The maximum absolute atomic E-state index is 12.0. The molecule has 1 aromatic rings. The Hall–Kier alpha value is -0.950. The average molecular weight is 370 g/mol. The topological polar surface area (TPSA) is 30.5 Å². The summed E-state index contributed by atoms with van der Waals surface area (Å²) in [6.45, 7) is 3.18. The Bertz CT molecular complexity index is 453. The summed E-state index contributed by atoms with van der Waals surface area (Å²) in [5.41, 5.74) is 0.911. The maximum Gasteiger partial charge on any atom is 0.389 e. The van der Waals surface area contributed by atoms with E-state index >= 15 is 0 Å². The van der Waals surface area contributed by atoms with E-state index < -0.39 is 12.6 Å². The van der Waals surface area contributed by atoms with Gasteiger partial charge in [0.05, 0.1) is 18.2 Å². The molecule has 0 spiro atoms. The van der Waals surface area contributed by atoms with Crippen molar-refractivity contribution < 1.29 is 22.6 Å². The first-order chi connectivity index (χ1) is 9.87. The SMILES string of the molecule is CCOc1c(Br)cc(CNCCCC(F)(F)F)cc1OC. The second kappa shape index (κ2) is 8.48. The van der Waals surface area contributed by atoms with E-state index in [-0.39, 0.29) is 6.42 Å². The summed E-state index contributed by atoms with van der Waals surface area (Å²) < 4.78 is 47.5. The van der Waals surface area contributed by atoms with Gasteiger partial charge in [-0.25, -0.2) is 0 Å². The maximum atomic E-state index is 12.0. The third-order valence-corrected chi connectivity index (χ3v) is 3.31. The molecule has 21 heavy (non-hydrogen) atoms. The van der Waals surface area contributed by atoms with Crippen LogP contribution in [0.1, 0.15) is 25.3 Å². The van der Waals surface area contributed by atoms with Gasteiger partial charge in [-0.2, -0.15) is 13.2 Å². The van der Waals surface area contributed by atoms with Crippen molar-refractivity contribution in [1.29, 1.82) is 0 Å². The highest BCUT2D eigenvalue weighted by molar-refractivity contribution is 9.10. The molecular formula is C14H19BrF3NO2. The molecule has 1 rings (SSSR count).